The number of carbonyl (C=O) groups is 1. The molecule has 4 rings (SSSR count). The predicted molar refractivity (Wildman–Crippen MR) is 117 cm³/mol. The van der Waals surface area contributed by atoms with Gasteiger partial charge in [-0.05, 0) is 56.2 Å². The number of nitrogens with one attached hydrogen (secondary N) is 2. The second kappa shape index (κ2) is 8.56. The number of amides is 1. The molecule has 0 unspecified atom stereocenters. The summed E-state index contributed by atoms with van der Waals surface area (Å²) >= 11 is 0. The molecular formula is C21H24N4O5S. The molecule has 1 aliphatic carbocycles. The number of nitrogens with zero attached hydrogens (tertiary/aromatic N) is 2. The topological polar surface area (TPSA) is 125 Å². The minimum Gasteiger partial charge on any atom is -0.395 e. The molecule has 3 N–H and O–H groups in total. The Balaban J connectivity index is 1.49. The molecule has 0 atom stereocenters. The van der Waals surface area contributed by atoms with Crippen molar-refractivity contribution in [2.24, 2.45) is 5.92 Å². The van der Waals surface area contributed by atoms with Crippen LogP contribution in [0.25, 0.3) is 11.0 Å². The van der Waals surface area contributed by atoms with Gasteiger partial charge in [-0.2, -0.15) is 8.42 Å². The van der Waals surface area contributed by atoms with Gasteiger partial charge in [0.15, 0.2) is 0 Å². The predicted octanol–water partition coefficient (Wildman–Crippen LogP) is 2.50. The molecule has 0 bridgehead atoms. The molecule has 1 aliphatic rings. The van der Waals surface area contributed by atoms with Gasteiger partial charge in [0.25, 0.3) is 0 Å². The molecule has 9 nitrogen and oxygen atoms in total. The summed E-state index contributed by atoms with van der Waals surface area (Å²) in [6.07, 6.45) is 1.78. The van der Waals surface area contributed by atoms with Gasteiger partial charge < -0.3 is 19.2 Å². The van der Waals surface area contributed by atoms with E-state index in [0.29, 0.717) is 30.1 Å². The van der Waals surface area contributed by atoms with E-state index in [-0.39, 0.29) is 29.1 Å². The highest BCUT2D eigenvalue weighted by atomic mass is 32.2. The van der Waals surface area contributed by atoms with Gasteiger partial charge in [-0.3, -0.25) is 10.1 Å². The average Bonchev–Trinajstić information content (AvgIpc) is 3.53. The monoisotopic (exact) mass is 444 g/mol. The SMILES string of the molecule is CCN(CCO)c1ccc(S(=O)(=O)Oc2ccc3nc(NC(=O)C4CC4)[nH]c3c2)cc1. The Morgan fingerprint density at radius 2 is 2.00 bits per heavy atom. The van der Waals surface area contributed by atoms with Crippen LogP contribution in [-0.4, -0.2) is 49.1 Å². The highest BCUT2D eigenvalue weighted by molar-refractivity contribution is 7.87. The molecule has 1 aromatic heterocycles. The Bertz CT molecular complexity index is 1190. The largest absolute Gasteiger partial charge is 0.395 e. The number of likely N-dealkylation sites (N-methyl/N-ethyl adjacent to an activating group) is 1. The van der Waals surface area contributed by atoms with Gasteiger partial charge in [-0.25, -0.2) is 4.98 Å². The molecular weight excluding hydrogens is 420 g/mol. The van der Waals surface area contributed by atoms with Crippen molar-refractivity contribution in [2.45, 2.75) is 24.7 Å². The van der Waals surface area contributed by atoms with Crippen LogP contribution in [0.5, 0.6) is 5.75 Å². The third-order valence-electron chi connectivity index (χ3n) is 5.09. The maximum atomic E-state index is 12.7. The van der Waals surface area contributed by atoms with E-state index >= 15 is 0 Å². The lowest BCUT2D eigenvalue weighted by molar-refractivity contribution is -0.117. The fraction of sp³-hybridized carbons (Fsp3) is 0.333. The van der Waals surface area contributed by atoms with Crippen molar-refractivity contribution in [3.63, 3.8) is 0 Å². The summed E-state index contributed by atoms with van der Waals surface area (Å²) in [6, 6.07) is 11.0. The van der Waals surface area contributed by atoms with E-state index in [1.807, 2.05) is 11.8 Å². The first-order valence-corrected chi connectivity index (χ1v) is 11.5. The second-order valence-electron chi connectivity index (χ2n) is 7.36. The van der Waals surface area contributed by atoms with E-state index in [1.165, 1.54) is 24.3 Å². The number of anilines is 2. The number of aliphatic hydroxyl groups excluding tert-OH is 1. The quantitative estimate of drug-likeness (QED) is 0.433. The van der Waals surface area contributed by atoms with E-state index < -0.39 is 10.1 Å². The van der Waals surface area contributed by atoms with Crippen LogP contribution in [0.4, 0.5) is 11.6 Å². The van der Waals surface area contributed by atoms with Gasteiger partial charge in [0.2, 0.25) is 11.9 Å². The van der Waals surface area contributed by atoms with Crippen LogP contribution in [-0.2, 0) is 14.9 Å². The molecule has 0 radical (unpaired) electrons. The molecule has 2 aromatic carbocycles. The van der Waals surface area contributed by atoms with Gasteiger partial charge in [0, 0.05) is 30.8 Å². The summed E-state index contributed by atoms with van der Waals surface area (Å²) in [5.74, 6) is 0.445. The Labute approximate surface area is 180 Å². The Morgan fingerprint density at radius 3 is 2.65 bits per heavy atom. The zero-order chi connectivity index (χ0) is 22.0. The number of aliphatic hydroxyl groups is 1. The normalized spacial score (nSPS) is 13.9. The smallest absolute Gasteiger partial charge is 0.339 e. The molecule has 31 heavy (non-hydrogen) atoms. The van der Waals surface area contributed by atoms with Gasteiger partial charge in [0.1, 0.15) is 10.6 Å². The number of benzene rings is 2. The minimum absolute atomic E-state index is 0.0130. The van der Waals surface area contributed by atoms with Crippen LogP contribution in [0.3, 0.4) is 0 Å². The number of aromatic nitrogens is 2. The number of aromatic amines is 1. The van der Waals surface area contributed by atoms with Crippen molar-refractivity contribution < 1.29 is 22.5 Å². The molecule has 0 saturated heterocycles. The number of carbonyl (C=O) groups excluding carboxylic acids is 1. The maximum Gasteiger partial charge on any atom is 0.339 e. The number of hydrogen-bond donors (Lipinski definition) is 3. The zero-order valence-corrected chi connectivity index (χ0v) is 17.9. The average molecular weight is 445 g/mol. The van der Waals surface area contributed by atoms with E-state index in [0.717, 1.165) is 18.5 Å². The molecule has 0 aliphatic heterocycles. The third kappa shape index (κ3) is 4.80. The van der Waals surface area contributed by atoms with Crippen molar-refractivity contribution in [2.75, 3.05) is 29.9 Å². The van der Waals surface area contributed by atoms with Crippen LogP contribution < -0.4 is 14.4 Å². The summed E-state index contributed by atoms with van der Waals surface area (Å²) in [4.78, 5) is 21.1. The van der Waals surface area contributed by atoms with Crippen molar-refractivity contribution in [1.29, 1.82) is 0 Å². The number of H-pyrrole nitrogens is 1. The van der Waals surface area contributed by atoms with Crippen LogP contribution in [0, 0.1) is 5.92 Å². The summed E-state index contributed by atoms with van der Waals surface area (Å²) in [7, 11) is -4.03. The van der Waals surface area contributed by atoms with Gasteiger partial charge in [0.05, 0.1) is 17.6 Å². The number of fused-ring (bicyclic) bond motifs is 1. The van der Waals surface area contributed by atoms with Crippen LogP contribution in [0.2, 0.25) is 0 Å². The molecule has 3 aromatic rings. The molecule has 1 fully saturated rings. The van der Waals surface area contributed by atoms with Crippen LogP contribution >= 0.6 is 0 Å². The van der Waals surface area contributed by atoms with E-state index in [2.05, 4.69) is 15.3 Å². The molecule has 10 heteroatoms. The molecule has 0 spiro atoms. The lowest BCUT2D eigenvalue weighted by Crippen LogP contribution is -2.26. The second-order valence-corrected chi connectivity index (χ2v) is 8.91. The summed E-state index contributed by atoms with van der Waals surface area (Å²) in [5, 5.41) is 11.9. The third-order valence-corrected chi connectivity index (χ3v) is 6.35. The van der Waals surface area contributed by atoms with Crippen LogP contribution in [0.15, 0.2) is 47.4 Å². The lowest BCUT2D eigenvalue weighted by atomic mass is 10.3. The number of hydrogen-bond acceptors (Lipinski definition) is 7. The van der Waals surface area contributed by atoms with Crippen molar-refractivity contribution in [3.8, 4) is 5.75 Å². The van der Waals surface area contributed by atoms with Crippen molar-refractivity contribution in [3.05, 3.63) is 42.5 Å². The number of imidazole rings is 1. The first kappa shape index (κ1) is 21.1. The summed E-state index contributed by atoms with van der Waals surface area (Å²) in [6.45, 7) is 3.12. The van der Waals surface area contributed by atoms with Gasteiger partial charge in [-0.15, -0.1) is 0 Å². The summed E-state index contributed by atoms with van der Waals surface area (Å²) < 4.78 is 30.7. The highest BCUT2D eigenvalue weighted by Gasteiger charge is 2.30. The van der Waals surface area contributed by atoms with E-state index in [4.69, 9.17) is 9.29 Å². The Kier molecular flexibility index (Phi) is 5.84. The molecule has 164 valence electrons. The Hall–Kier alpha value is -3.11. The maximum absolute atomic E-state index is 12.7. The standard InChI is InChI=1S/C21H24N4O5S/c1-2-25(11-12-26)15-5-8-17(9-6-15)31(28,29)30-16-7-10-18-19(13-16)23-21(22-18)24-20(27)14-3-4-14/h5-10,13-14,26H,2-4,11-12H2,1H3,(H2,22,23,24,27). The first-order valence-electron chi connectivity index (χ1n) is 10.1. The molecule has 1 amide bonds. The Morgan fingerprint density at radius 1 is 1.26 bits per heavy atom. The van der Waals surface area contributed by atoms with Gasteiger partial charge >= 0.3 is 10.1 Å². The lowest BCUT2D eigenvalue weighted by Gasteiger charge is -2.22. The zero-order valence-electron chi connectivity index (χ0n) is 17.0. The first-order chi connectivity index (χ1) is 14.9. The molecule has 1 saturated carbocycles. The van der Waals surface area contributed by atoms with E-state index in [9.17, 15) is 13.2 Å². The van der Waals surface area contributed by atoms with Gasteiger partial charge in [-0.1, -0.05) is 0 Å². The highest BCUT2D eigenvalue weighted by Crippen LogP contribution is 2.30. The minimum atomic E-state index is -4.03. The number of rotatable bonds is 9. The van der Waals surface area contributed by atoms with Crippen LogP contribution in [0.1, 0.15) is 19.8 Å². The summed E-state index contributed by atoms with van der Waals surface area (Å²) in [5.41, 5.74) is 1.95. The molecule has 1 heterocycles. The van der Waals surface area contributed by atoms with Crippen molar-refractivity contribution >= 4 is 38.7 Å². The van der Waals surface area contributed by atoms with Crippen molar-refractivity contribution in [1.82, 2.24) is 9.97 Å². The van der Waals surface area contributed by atoms with E-state index in [1.54, 1.807) is 18.2 Å². The fourth-order valence-corrected chi connectivity index (χ4v) is 4.18. The fourth-order valence-electron chi connectivity index (χ4n) is 3.25.